The monoisotopic (exact) mass is 1380 g/mol. The Morgan fingerprint density at radius 3 is 1.31 bits per heavy atom. The topological polar surface area (TPSA) is 136 Å². The molecule has 4 aromatic carbocycles. The SMILES string of the molecule is C#CC#CC#CC#CC#CC#CC#CC#CC.C1CCOC1.CC#CC#CC#CC#CC#CC#CC#CC.CCCCN.CCCCn1c(-c2ccc(Cl)cc2)cnc1OC.CCCCn1cncc1-c1ccc(Cl)cc1.O=Cc1ccc(Cl)cc1.[C-]#[N+]CS(=O)(=O)c1ccc(C)cc1. The van der Waals surface area contributed by atoms with E-state index in [1.807, 2.05) is 74.2 Å². The Bertz CT molecular complexity index is 4550. The third-order valence-electron chi connectivity index (χ3n) is 11.4. The number of terminal acetylenes is 1. The summed E-state index contributed by atoms with van der Waals surface area (Å²) in [5.74, 6) is 72.0. The van der Waals surface area contributed by atoms with E-state index in [9.17, 15) is 13.2 Å². The van der Waals surface area contributed by atoms with Crippen molar-refractivity contribution in [3.8, 4) is 207 Å². The lowest BCUT2D eigenvalue weighted by Gasteiger charge is -2.10. The molecular weight excluding hydrogens is 1310 g/mol. The van der Waals surface area contributed by atoms with Crippen LogP contribution in [0.1, 0.15) is 109 Å². The number of halogens is 3. The summed E-state index contributed by atoms with van der Waals surface area (Å²) < 4.78 is 37.2. The Balaban J connectivity index is 0.00000114. The summed E-state index contributed by atoms with van der Waals surface area (Å²) in [6, 6.07) is 29.5. The number of sulfone groups is 1. The van der Waals surface area contributed by atoms with Crippen LogP contribution < -0.4 is 10.5 Å². The molecule has 0 spiro atoms. The van der Waals surface area contributed by atoms with Crippen molar-refractivity contribution in [3.05, 3.63) is 153 Å². The van der Waals surface area contributed by atoms with Gasteiger partial charge in [0.2, 0.25) is 0 Å². The average molecular weight is 1390 g/mol. The molecule has 11 nitrogen and oxygen atoms in total. The highest BCUT2D eigenvalue weighted by atomic mass is 35.5. The van der Waals surface area contributed by atoms with E-state index in [1.165, 1.54) is 50.7 Å². The zero-order valence-electron chi connectivity index (χ0n) is 56.9. The summed E-state index contributed by atoms with van der Waals surface area (Å²) in [5, 5.41) is 2.16. The van der Waals surface area contributed by atoms with Gasteiger partial charge in [-0.3, -0.25) is 14.2 Å². The number of methoxy groups -OCH3 is 1. The van der Waals surface area contributed by atoms with Gasteiger partial charge >= 0.3 is 5.88 Å². The highest BCUT2D eigenvalue weighted by Gasteiger charge is 2.16. The average Bonchev–Trinajstić information content (AvgIpc) is 1.72. The zero-order chi connectivity index (χ0) is 73.1. The summed E-state index contributed by atoms with van der Waals surface area (Å²) in [7, 11) is -1.73. The van der Waals surface area contributed by atoms with Crippen LogP contribution in [0.4, 0.5) is 0 Å². The molecule has 0 saturated carbocycles. The minimum atomic E-state index is -3.38. The van der Waals surface area contributed by atoms with Gasteiger partial charge in [0.05, 0.1) is 42.1 Å². The van der Waals surface area contributed by atoms with Crippen molar-refractivity contribution < 1.29 is 22.7 Å². The number of hydrogen-bond donors (Lipinski definition) is 1. The van der Waals surface area contributed by atoms with Gasteiger partial charge in [-0.25, -0.2) is 25.0 Å². The van der Waals surface area contributed by atoms with Gasteiger partial charge in [-0.15, -0.1) is 6.42 Å². The lowest BCUT2D eigenvalue weighted by atomic mass is 10.1. The fourth-order valence-corrected chi connectivity index (χ4v) is 7.88. The van der Waals surface area contributed by atoms with Crippen molar-refractivity contribution in [1.82, 2.24) is 19.1 Å². The van der Waals surface area contributed by atoms with E-state index < -0.39 is 15.7 Å². The molecule has 7 rings (SSSR count). The van der Waals surface area contributed by atoms with Crippen LogP contribution in [0, 0.1) is 192 Å². The molecular formula is C84H75Cl3N6O5S. The molecule has 0 radical (unpaired) electrons. The summed E-state index contributed by atoms with van der Waals surface area (Å²) in [5.41, 5.74) is 11.3. The predicted octanol–water partition coefficient (Wildman–Crippen LogP) is 15.1. The second-order valence-corrected chi connectivity index (χ2v) is 22.1. The molecule has 1 aliphatic rings. The van der Waals surface area contributed by atoms with Crippen molar-refractivity contribution in [1.29, 1.82) is 0 Å². The number of nitrogens with two attached hydrogens (primary N) is 1. The normalized spacial score (nSPS) is 8.79. The molecule has 15 heteroatoms. The van der Waals surface area contributed by atoms with Crippen LogP contribution in [0.15, 0.2) is 121 Å². The molecule has 498 valence electrons. The second kappa shape index (κ2) is 61.3. The van der Waals surface area contributed by atoms with Gasteiger partial charge in [0.15, 0.2) is 0 Å². The molecule has 0 unspecified atom stereocenters. The fourth-order valence-electron chi connectivity index (χ4n) is 6.63. The van der Waals surface area contributed by atoms with Crippen molar-refractivity contribution in [2.24, 2.45) is 5.73 Å². The van der Waals surface area contributed by atoms with E-state index in [0.29, 0.717) is 16.6 Å². The first kappa shape index (κ1) is 87.4. The number of ether oxygens (including phenoxy) is 2. The number of aromatic nitrogens is 4. The van der Waals surface area contributed by atoms with Crippen LogP contribution in [0.5, 0.6) is 6.01 Å². The van der Waals surface area contributed by atoms with Crippen LogP contribution >= 0.6 is 34.8 Å². The maximum atomic E-state index is 11.3. The van der Waals surface area contributed by atoms with Crippen LogP contribution in [-0.4, -0.2) is 66.6 Å². The lowest BCUT2D eigenvalue weighted by molar-refractivity contribution is 0.112. The van der Waals surface area contributed by atoms with E-state index in [4.69, 9.17) is 63.0 Å². The molecule has 99 heavy (non-hydrogen) atoms. The number of nitrogens with zero attached hydrogens (tertiary/aromatic N) is 5. The van der Waals surface area contributed by atoms with Gasteiger partial charge in [-0.05, 0) is 280 Å². The van der Waals surface area contributed by atoms with E-state index in [2.05, 4.69) is 216 Å². The Morgan fingerprint density at radius 2 is 0.970 bits per heavy atom. The number of rotatable bonds is 14. The van der Waals surface area contributed by atoms with Gasteiger partial charge in [-0.2, -0.15) is 0 Å². The first-order valence-corrected chi connectivity index (χ1v) is 33.4. The number of aryl methyl sites for hydroxylation is 2. The number of imidazole rings is 2. The minimum absolute atomic E-state index is 0.217. The molecule has 0 amide bonds. The molecule has 2 N–H and O–H groups in total. The predicted molar refractivity (Wildman–Crippen MR) is 407 cm³/mol. The molecule has 1 fully saturated rings. The Morgan fingerprint density at radius 1 is 0.576 bits per heavy atom. The Kier molecular flexibility index (Phi) is 54.1. The first-order valence-electron chi connectivity index (χ1n) is 30.6. The maximum absolute atomic E-state index is 11.3. The Hall–Kier alpha value is -11.6. The number of benzene rings is 4. The zero-order valence-corrected chi connectivity index (χ0v) is 60.0. The molecule has 1 saturated heterocycles. The summed E-state index contributed by atoms with van der Waals surface area (Å²) in [6.07, 6.45) is 20.9. The second-order valence-electron chi connectivity index (χ2n) is 18.8. The van der Waals surface area contributed by atoms with Crippen molar-refractivity contribution in [3.63, 3.8) is 0 Å². The lowest BCUT2D eigenvalue weighted by Crippen LogP contribution is -2.03. The molecule has 3 heterocycles. The van der Waals surface area contributed by atoms with Crippen molar-refractivity contribution >= 4 is 50.9 Å². The Labute approximate surface area is 605 Å². The van der Waals surface area contributed by atoms with E-state index in [1.54, 1.807) is 64.3 Å². The third kappa shape index (κ3) is 46.2. The summed E-state index contributed by atoms with van der Waals surface area (Å²) in [6.45, 7) is 24.8. The van der Waals surface area contributed by atoms with E-state index >= 15 is 0 Å². The molecule has 6 aromatic rings. The summed E-state index contributed by atoms with van der Waals surface area (Å²) >= 11 is 17.3. The van der Waals surface area contributed by atoms with Gasteiger partial charge in [-0.1, -0.05) is 147 Å². The minimum Gasteiger partial charge on any atom is -0.468 e. The molecule has 0 bridgehead atoms. The van der Waals surface area contributed by atoms with Gasteiger partial charge in [0, 0.05) is 46.9 Å². The first-order chi connectivity index (χ1) is 48.2. The summed E-state index contributed by atoms with van der Waals surface area (Å²) in [4.78, 5) is 21.7. The highest BCUT2D eigenvalue weighted by molar-refractivity contribution is 7.91. The van der Waals surface area contributed by atoms with E-state index in [0.717, 1.165) is 90.1 Å². The highest BCUT2D eigenvalue weighted by Crippen LogP contribution is 2.26. The third-order valence-corrected chi connectivity index (χ3v) is 13.6. The van der Waals surface area contributed by atoms with Gasteiger partial charge < -0.3 is 19.8 Å². The number of carbonyl (C=O) groups is 1. The smallest absolute Gasteiger partial charge is 0.316 e. The molecule has 2 aromatic heterocycles. The van der Waals surface area contributed by atoms with E-state index in [-0.39, 0.29) is 4.90 Å². The maximum Gasteiger partial charge on any atom is 0.316 e. The van der Waals surface area contributed by atoms with Crippen molar-refractivity contribution in [2.75, 3.05) is 32.7 Å². The van der Waals surface area contributed by atoms with Gasteiger partial charge in [0.25, 0.3) is 15.8 Å². The number of carbonyl (C=O) groups excluding carboxylic acids is 1. The fraction of sp³-hybridized carbons (Fsp3) is 0.262. The number of unbranched alkanes of at least 4 members (excludes halogenated alkanes) is 3. The standard InChI is InChI=1S/C17H4.C16H6.C14H17ClN2O.C13H15ClN2.C9H9NO2S.C7H5ClO.C4H11N.C4H8O/c1-3-5-7-9-11-13-15-17-16-14-12-10-8-6-4-2;1-3-5-7-9-11-13-15-16-14-12-10-8-6-4-2;1-3-4-9-17-13(10-16-14(17)18-2)11-5-7-12(15)8-6-11;1-2-3-8-16-10-15-9-13(16)11-4-6-12(14)7-5-11;1-8-3-5-9(6-4-8)13(11,12)7-10-2;8-7-3-1-6(5-9)2-4-7;1-2-3-4-5;1-2-4-5-3-1/h1H,2H3;1-2H3;5-8,10H,3-4,9H2,1-2H3;4-7,9-10H,2-3,8H2,1H3;3-6H,7H2,1H3;1-5H;2-5H2,1H3;1-4H2. The van der Waals surface area contributed by atoms with Crippen LogP contribution in [0.3, 0.4) is 0 Å². The van der Waals surface area contributed by atoms with Crippen LogP contribution in [-0.2, 0) is 27.7 Å². The quantitative estimate of drug-likeness (QED) is 0.0647. The largest absolute Gasteiger partial charge is 0.468 e. The molecule has 0 atom stereocenters. The van der Waals surface area contributed by atoms with Gasteiger partial charge in [0.1, 0.15) is 6.29 Å². The van der Waals surface area contributed by atoms with Crippen LogP contribution in [0.2, 0.25) is 15.1 Å². The van der Waals surface area contributed by atoms with Crippen molar-refractivity contribution in [2.45, 2.75) is 118 Å². The number of aldehydes is 1. The number of hydrogen-bond acceptors (Lipinski definition) is 8. The molecule has 0 aliphatic carbocycles. The van der Waals surface area contributed by atoms with Crippen LogP contribution in [0.25, 0.3) is 27.4 Å². The molecule has 1 aliphatic heterocycles.